The van der Waals surface area contributed by atoms with Crippen LogP contribution in [-0.2, 0) is 4.79 Å². The van der Waals surface area contributed by atoms with Gasteiger partial charge in [-0.3, -0.25) is 4.79 Å². The highest BCUT2D eigenvalue weighted by Gasteiger charge is 2.16. The van der Waals surface area contributed by atoms with E-state index in [0.29, 0.717) is 20.5 Å². The molecule has 3 aromatic rings. The van der Waals surface area contributed by atoms with Gasteiger partial charge in [0, 0.05) is 22.5 Å². The van der Waals surface area contributed by atoms with Crippen molar-refractivity contribution in [3.05, 3.63) is 68.1 Å². The van der Waals surface area contributed by atoms with E-state index in [2.05, 4.69) is 17.3 Å². The minimum Gasteiger partial charge on any atom is -0.355 e. The summed E-state index contributed by atoms with van der Waals surface area (Å²) in [5.74, 6) is 0.385. The normalized spacial score (nSPS) is 12.0. The van der Waals surface area contributed by atoms with Crippen molar-refractivity contribution in [2.24, 2.45) is 0 Å². The number of thioether (sulfide) groups is 1. The second-order valence-electron chi connectivity index (χ2n) is 6.63. The Kier molecular flexibility index (Phi) is 8.77. The molecule has 0 spiro atoms. The van der Waals surface area contributed by atoms with Gasteiger partial charge in [-0.05, 0) is 48.5 Å². The van der Waals surface area contributed by atoms with E-state index in [-0.39, 0.29) is 17.6 Å². The molecule has 1 atom stereocenters. The summed E-state index contributed by atoms with van der Waals surface area (Å²) in [4.78, 5) is 12.4. The molecule has 1 N–H and O–H groups in total. The van der Waals surface area contributed by atoms with Gasteiger partial charge in [-0.1, -0.05) is 83.9 Å². The lowest BCUT2D eigenvalue weighted by Crippen LogP contribution is -2.30. The Balaban J connectivity index is 1.57. The Labute approximate surface area is 199 Å². The van der Waals surface area contributed by atoms with Crippen LogP contribution in [0.25, 0.3) is 5.69 Å². The number of carbonyl (C=O) groups is 1. The average molecular weight is 499 g/mol. The topological polar surface area (TPSA) is 46.9 Å². The molecule has 4 nitrogen and oxygen atoms in total. The number of para-hydroxylation sites is 1. The number of rotatable bonds is 9. The van der Waals surface area contributed by atoms with E-state index < -0.39 is 0 Å². The van der Waals surface area contributed by atoms with Gasteiger partial charge < -0.3 is 5.32 Å². The van der Waals surface area contributed by atoms with Crippen molar-refractivity contribution in [3.8, 4) is 5.69 Å². The van der Waals surface area contributed by atoms with Gasteiger partial charge in [-0.2, -0.15) is 0 Å². The fourth-order valence-electron chi connectivity index (χ4n) is 3.02. The van der Waals surface area contributed by atoms with Crippen LogP contribution in [0.2, 0.25) is 10.0 Å². The third-order valence-corrected chi connectivity index (χ3v) is 7.37. The Hall–Kier alpha value is -1.38. The minimum atomic E-state index is -0.0430. The van der Waals surface area contributed by atoms with Gasteiger partial charge >= 0.3 is 0 Å². The summed E-state index contributed by atoms with van der Waals surface area (Å²) in [6.07, 6.45) is 1.92. The van der Waals surface area contributed by atoms with Gasteiger partial charge in [-0.25, -0.2) is 4.68 Å². The summed E-state index contributed by atoms with van der Waals surface area (Å²) >= 11 is 20.6. The lowest BCUT2D eigenvalue weighted by atomic mass is 9.94. The zero-order chi connectivity index (χ0) is 21.5. The minimum absolute atomic E-state index is 0.0430. The summed E-state index contributed by atoms with van der Waals surface area (Å²) in [6.45, 7) is 2.65. The SMILES string of the molecule is CCC[C@H](CNC(=O)CSc1nn(-c2ccccc2)c(=S)s1)c1ccc(Cl)cc1Cl. The molecule has 0 saturated carbocycles. The van der Waals surface area contributed by atoms with Crippen LogP contribution in [0.3, 0.4) is 0 Å². The summed E-state index contributed by atoms with van der Waals surface area (Å²) in [7, 11) is 0. The first-order valence-electron chi connectivity index (χ1n) is 9.48. The maximum atomic E-state index is 12.4. The number of aromatic nitrogens is 2. The summed E-state index contributed by atoms with van der Waals surface area (Å²) in [5.41, 5.74) is 1.92. The molecular weight excluding hydrogens is 477 g/mol. The van der Waals surface area contributed by atoms with Crippen LogP contribution in [0.15, 0.2) is 52.9 Å². The Bertz CT molecular complexity index is 1050. The molecule has 0 bridgehead atoms. The highest BCUT2D eigenvalue weighted by Crippen LogP contribution is 2.30. The van der Waals surface area contributed by atoms with Crippen molar-refractivity contribution in [3.63, 3.8) is 0 Å². The third kappa shape index (κ3) is 6.31. The molecule has 158 valence electrons. The number of amides is 1. The van der Waals surface area contributed by atoms with Crippen molar-refractivity contribution in [2.75, 3.05) is 12.3 Å². The molecule has 2 aromatic carbocycles. The van der Waals surface area contributed by atoms with E-state index in [1.54, 1.807) is 10.7 Å². The number of hydrogen-bond acceptors (Lipinski definition) is 5. The van der Waals surface area contributed by atoms with Crippen molar-refractivity contribution in [2.45, 2.75) is 30.0 Å². The van der Waals surface area contributed by atoms with Crippen LogP contribution in [0.4, 0.5) is 0 Å². The molecule has 0 aliphatic carbocycles. The molecule has 0 saturated heterocycles. The molecule has 3 rings (SSSR count). The van der Waals surface area contributed by atoms with E-state index >= 15 is 0 Å². The highest BCUT2D eigenvalue weighted by molar-refractivity contribution is 8.01. The van der Waals surface area contributed by atoms with Crippen molar-refractivity contribution in [1.82, 2.24) is 15.1 Å². The van der Waals surface area contributed by atoms with Crippen LogP contribution in [0.1, 0.15) is 31.2 Å². The van der Waals surface area contributed by atoms with Crippen LogP contribution < -0.4 is 5.32 Å². The number of nitrogens with zero attached hydrogens (tertiary/aromatic N) is 2. The maximum absolute atomic E-state index is 12.4. The summed E-state index contributed by atoms with van der Waals surface area (Å²) in [6, 6.07) is 15.2. The molecule has 0 aliphatic heterocycles. The second-order valence-corrected chi connectivity index (χ2v) is 10.3. The average Bonchev–Trinajstić information content (AvgIpc) is 3.11. The Morgan fingerprint density at radius 1 is 1.27 bits per heavy atom. The van der Waals surface area contributed by atoms with E-state index in [1.807, 2.05) is 42.5 Å². The number of halogens is 2. The highest BCUT2D eigenvalue weighted by atomic mass is 35.5. The standard InChI is InChI=1S/C21H21Cl2N3OS3/c1-2-6-14(17-10-9-15(22)11-18(17)23)12-24-19(27)13-29-20-25-26(21(28)30-20)16-7-4-3-5-8-16/h3-5,7-11,14H,2,6,12-13H2,1H3,(H,24,27)/t14-/m1/s1. The van der Waals surface area contributed by atoms with E-state index in [9.17, 15) is 4.79 Å². The zero-order valence-corrected chi connectivity index (χ0v) is 20.3. The van der Waals surface area contributed by atoms with Gasteiger partial charge in [0.25, 0.3) is 0 Å². The van der Waals surface area contributed by atoms with E-state index in [0.717, 1.165) is 28.4 Å². The van der Waals surface area contributed by atoms with E-state index in [4.69, 9.17) is 35.4 Å². The monoisotopic (exact) mass is 497 g/mol. The quantitative estimate of drug-likeness (QED) is 0.262. The number of benzene rings is 2. The first kappa shape index (κ1) is 23.3. The largest absolute Gasteiger partial charge is 0.355 e. The van der Waals surface area contributed by atoms with Gasteiger partial charge in [0.2, 0.25) is 5.91 Å². The molecule has 0 radical (unpaired) electrons. The summed E-state index contributed by atoms with van der Waals surface area (Å²) < 4.78 is 3.15. The van der Waals surface area contributed by atoms with Crippen LogP contribution >= 0.6 is 58.5 Å². The molecule has 30 heavy (non-hydrogen) atoms. The van der Waals surface area contributed by atoms with E-state index in [1.165, 1.54) is 23.1 Å². The first-order valence-corrected chi connectivity index (χ1v) is 12.4. The van der Waals surface area contributed by atoms with Crippen molar-refractivity contribution in [1.29, 1.82) is 0 Å². The number of hydrogen-bond donors (Lipinski definition) is 1. The molecular formula is C21H21Cl2N3OS3. The molecule has 9 heteroatoms. The first-order chi connectivity index (χ1) is 14.5. The van der Waals surface area contributed by atoms with Gasteiger partial charge in [0.15, 0.2) is 8.29 Å². The summed E-state index contributed by atoms with van der Waals surface area (Å²) in [5, 5.41) is 8.80. The van der Waals surface area contributed by atoms with Gasteiger partial charge in [-0.15, -0.1) is 5.10 Å². The lowest BCUT2D eigenvalue weighted by Gasteiger charge is -2.19. The molecule has 0 unspecified atom stereocenters. The van der Waals surface area contributed by atoms with Crippen molar-refractivity contribution >= 4 is 64.4 Å². The van der Waals surface area contributed by atoms with Crippen LogP contribution in [0.5, 0.6) is 0 Å². The number of nitrogens with one attached hydrogen (secondary N) is 1. The van der Waals surface area contributed by atoms with Crippen molar-refractivity contribution < 1.29 is 4.79 Å². The van der Waals surface area contributed by atoms with Gasteiger partial charge in [0.1, 0.15) is 0 Å². The second kappa shape index (κ2) is 11.3. The molecule has 0 aliphatic rings. The fourth-order valence-corrected chi connectivity index (χ4v) is 5.77. The maximum Gasteiger partial charge on any atom is 0.230 e. The Morgan fingerprint density at radius 3 is 2.73 bits per heavy atom. The fraction of sp³-hybridized carbons (Fsp3) is 0.286. The van der Waals surface area contributed by atoms with Crippen LogP contribution in [0, 0.1) is 3.95 Å². The molecule has 0 fully saturated rings. The lowest BCUT2D eigenvalue weighted by molar-refractivity contribution is -0.118. The predicted octanol–water partition coefficient (Wildman–Crippen LogP) is 6.76. The van der Waals surface area contributed by atoms with Gasteiger partial charge in [0.05, 0.1) is 11.4 Å². The smallest absolute Gasteiger partial charge is 0.230 e. The third-order valence-electron chi connectivity index (χ3n) is 4.44. The number of carbonyl (C=O) groups excluding carboxylic acids is 1. The van der Waals surface area contributed by atoms with Crippen LogP contribution in [-0.4, -0.2) is 28.0 Å². The predicted molar refractivity (Wildman–Crippen MR) is 130 cm³/mol. The molecule has 1 amide bonds. The molecule has 1 aromatic heterocycles. The zero-order valence-electron chi connectivity index (χ0n) is 16.3. The Morgan fingerprint density at radius 2 is 2.03 bits per heavy atom. The molecule has 1 heterocycles.